The van der Waals surface area contributed by atoms with Gasteiger partial charge in [-0.15, -0.1) is 0 Å². The van der Waals surface area contributed by atoms with E-state index in [2.05, 4.69) is 26.1 Å². The highest BCUT2D eigenvalue weighted by Gasteiger charge is 2.64. The first kappa shape index (κ1) is 13.2. The fourth-order valence-corrected chi connectivity index (χ4v) is 4.44. The number of anilines is 1. The molecule has 0 saturated heterocycles. The number of nitrogens with one attached hydrogen (secondary N) is 1. The zero-order valence-electron chi connectivity index (χ0n) is 13.1. The summed E-state index contributed by atoms with van der Waals surface area (Å²) in [4.78, 5) is 4.96. The van der Waals surface area contributed by atoms with E-state index < -0.39 is 0 Å². The Morgan fingerprint density at radius 3 is 2.67 bits per heavy atom. The number of fused-ring (bicyclic) bond motifs is 2. The van der Waals surface area contributed by atoms with Gasteiger partial charge in [0.05, 0.1) is 12.1 Å². The van der Waals surface area contributed by atoms with Crippen molar-refractivity contribution >= 4 is 11.7 Å². The fraction of sp³-hybridized carbons (Fsp3) is 0.611. The van der Waals surface area contributed by atoms with Gasteiger partial charge in [-0.1, -0.05) is 32.0 Å². The van der Waals surface area contributed by atoms with Crippen molar-refractivity contribution in [2.75, 3.05) is 11.9 Å². The number of aliphatic imine (C=N–C) groups is 1. The van der Waals surface area contributed by atoms with Crippen molar-refractivity contribution in [3.05, 3.63) is 30.3 Å². The van der Waals surface area contributed by atoms with Crippen LogP contribution in [0.2, 0.25) is 0 Å². The molecule has 1 aliphatic heterocycles. The van der Waals surface area contributed by atoms with Crippen molar-refractivity contribution < 1.29 is 4.74 Å². The summed E-state index contributed by atoms with van der Waals surface area (Å²) in [5, 5.41) is 3.32. The van der Waals surface area contributed by atoms with Crippen LogP contribution in [0.5, 0.6) is 0 Å². The molecule has 2 aliphatic carbocycles. The van der Waals surface area contributed by atoms with Crippen LogP contribution in [0.25, 0.3) is 0 Å². The Hall–Kier alpha value is -1.51. The molecule has 1 N–H and O–H groups in total. The zero-order valence-corrected chi connectivity index (χ0v) is 13.1. The van der Waals surface area contributed by atoms with Gasteiger partial charge in [-0.05, 0) is 49.1 Å². The Balaban J connectivity index is 1.55. The molecule has 0 bridgehead atoms. The Morgan fingerprint density at radius 1 is 1.14 bits per heavy atom. The molecule has 3 aliphatic rings. The lowest BCUT2D eigenvalue weighted by molar-refractivity contribution is 0.0964. The second kappa shape index (κ2) is 4.25. The van der Waals surface area contributed by atoms with E-state index in [1.807, 2.05) is 30.3 Å². The highest BCUT2D eigenvalue weighted by atomic mass is 16.5. The SMILES string of the molecule is CC1(C)[C@@H]2C[C@H]3COC(Nc4ccccc4)=N[C@@]3(C)C[C@@H]21. The summed E-state index contributed by atoms with van der Waals surface area (Å²) >= 11 is 0. The molecule has 1 aromatic carbocycles. The van der Waals surface area contributed by atoms with Crippen LogP contribution >= 0.6 is 0 Å². The Morgan fingerprint density at radius 2 is 1.90 bits per heavy atom. The highest BCUT2D eigenvalue weighted by molar-refractivity contribution is 5.89. The van der Waals surface area contributed by atoms with E-state index in [-0.39, 0.29) is 5.54 Å². The van der Waals surface area contributed by atoms with Gasteiger partial charge < -0.3 is 10.1 Å². The number of amidine groups is 1. The van der Waals surface area contributed by atoms with Crippen molar-refractivity contribution in [1.82, 2.24) is 0 Å². The number of rotatable bonds is 1. The molecule has 1 aromatic rings. The normalized spacial score (nSPS) is 39.4. The molecule has 0 radical (unpaired) electrons. The van der Waals surface area contributed by atoms with Crippen LogP contribution in [0, 0.1) is 23.2 Å². The van der Waals surface area contributed by atoms with Gasteiger partial charge in [0.2, 0.25) is 0 Å². The first-order valence-electron chi connectivity index (χ1n) is 8.04. The first-order chi connectivity index (χ1) is 9.99. The number of hydrogen-bond acceptors (Lipinski definition) is 3. The van der Waals surface area contributed by atoms with Crippen LogP contribution in [0.3, 0.4) is 0 Å². The van der Waals surface area contributed by atoms with Gasteiger partial charge in [0.25, 0.3) is 6.02 Å². The van der Waals surface area contributed by atoms with Crippen LogP contribution in [0.1, 0.15) is 33.6 Å². The van der Waals surface area contributed by atoms with Gasteiger partial charge in [0.15, 0.2) is 0 Å². The molecular formula is C18H24N2O. The average Bonchev–Trinajstić information content (AvgIpc) is 2.97. The van der Waals surface area contributed by atoms with E-state index in [1.165, 1.54) is 12.8 Å². The van der Waals surface area contributed by atoms with Crippen molar-refractivity contribution in [3.8, 4) is 0 Å². The van der Waals surface area contributed by atoms with Gasteiger partial charge in [-0.3, -0.25) is 0 Å². The molecule has 4 rings (SSSR count). The fourth-order valence-electron chi connectivity index (χ4n) is 4.44. The Labute approximate surface area is 126 Å². The lowest BCUT2D eigenvalue weighted by atomic mass is 9.74. The smallest absolute Gasteiger partial charge is 0.289 e. The molecule has 2 fully saturated rings. The summed E-state index contributed by atoms with van der Waals surface area (Å²) in [6.45, 7) is 7.94. The number of nitrogens with zero attached hydrogens (tertiary/aromatic N) is 1. The third-order valence-electron chi connectivity index (χ3n) is 6.14. The van der Waals surface area contributed by atoms with Crippen molar-refractivity contribution in [2.24, 2.45) is 28.2 Å². The maximum absolute atomic E-state index is 5.89. The zero-order chi connectivity index (χ0) is 14.7. The van der Waals surface area contributed by atoms with E-state index in [4.69, 9.17) is 9.73 Å². The molecule has 3 heteroatoms. The minimum Gasteiger partial charge on any atom is -0.465 e. The van der Waals surface area contributed by atoms with Crippen LogP contribution in [-0.2, 0) is 4.74 Å². The van der Waals surface area contributed by atoms with Gasteiger partial charge >= 0.3 is 0 Å². The van der Waals surface area contributed by atoms with Crippen LogP contribution in [0.4, 0.5) is 5.69 Å². The first-order valence-corrected chi connectivity index (χ1v) is 8.04. The molecule has 1 heterocycles. The van der Waals surface area contributed by atoms with Gasteiger partial charge in [0.1, 0.15) is 0 Å². The predicted octanol–water partition coefficient (Wildman–Crippen LogP) is 3.93. The van der Waals surface area contributed by atoms with Gasteiger partial charge in [-0.25, -0.2) is 4.99 Å². The summed E-state index contributed by atoms with van der Waals surface area (Å²) < 4.78 is 5.89. The summed E-state index contributed by atoms with van der Waals surface area (Å²) in [6.07, 6.45) is 2.48. The van der Waals surface area contributed by atoms with E-state index in [9.17, 15) is 0 Å². The molecule has 21 heavy (non-hydrogen) atoms. The highest BCUT2D eigenvalue weighted by Crippen LogP contribution is 2.68. The standard InChI is InChI=1S/C18H24N2O/c1-17(2)14-9-12-11-21-16(19-13-7-5-4-6-8-13)20-18(12,3)10-15(14)17/h4-8,12,14-15H,9-11H2,1-3H3,(H,19,20)/t12-,14+,15-,18-/m0/s1. The minimum atomic E-state index is 0.0459. The van der Waals surface area contributed by atoms with E-state index in [1.54, 1.807) is 0 Å². The Bertz CT molecular complexity index is 580. The number of hydrogen-bond donors (Lipinski definition) is 1. The van der Waals surface area contributed by atoms with E-state index in [0.29, 0.717) is 17.4 Å². The maximum atomic E-state index is 5.89. The largest absolute Gasteiger partial charge is 0.465 e. The second-order valence-electron chi connectivity index (χ2n) is 7.75. The van der Waals surface area contributed by atoms with Gasteiger partial charge in [0, 0.05) is 11.6 Å². The van der Waals surface area contributed by atoms with Crippen LogP contribution < -0.4 is 5.32 Å². The summed E-state index contributed by atoms with van der Waals surface area (Å²) in [5.74, 6) is 2.30. The van der Waals surface area contributed by atoms with Crippen LogP contribution in [-0.4, -0.2) is 18.2 Å². The summed E-state index contributed by atoms with van der Waals surface area (Å²) in [5.41, 5.74) is 1.60. The van der Waals surface area contributed by atoms with E-state index in [0.717, 1.165) is 24.1 Å². The molecule has 3 nitrogen and oxygen atoms in total. The van der Waals surface area contributed by atoms with E-state index >= 15 is 0 Å². The Kier molecular flexibility index (Phi) is 2.66. The van der Waals surface area contributed by atoms with Gasteiger partial charge in [-0.2, -0.15) is 0 Å². The summed E-state index contributed by atoms with van der Waals surface area (Å²) in [6, 6.07) is 10.8. The lowest BCUT2D eigenvalue weighted by Crippen LogP contribution is -2.45. The van der Waals surface area contributed by atoms with Crippen molar-refractivity contribution in [1.29, 1.82) is 0 Å². The monoisotopic (exact) mass is 284 g/mol. The molecule has 2 saturated carbocycles. The molecular weight excluding hydrogens is 260 g/mol. The summed E-state index contributed by atoms with van der Waals surface area (Å²) in [7, 11) is 0. The molecule has 112 valence electrons. The predicted molar refractivity (Wildman–Crippen MR) is 85.3 cm³/mol. The number of ether oxygens (including phenoxy) is 1. The molecule has 4 atom stereocenters. The second-order valence-corrected chi connectivity index (χ2v) is 7.75. The molecule has 0 unspecified atom stereocenters. The molecule has 0 amide bonds. The third kappa shape index (κ3) is 2.05. The lowest BCUT2D eigenvalue weighted by Gasteiger charge is -2.41. The number of para-hydroxylation sites is 1. The molecule has 0 spiro atoms. The average molecular weight is 284 g/mol. The van der Waals surface area contributed by atoms with Crippen LogP contribution in [0.15, 0.2) is 35.3 Å². The number of benzene rings is 1. The minimum absolute atomic E-state index is 0.0459. The molecule has 0 aromatic heterocycles. The third-order valence-corrected chi connectivity index (χ3v) is 6.14. The topological polar surface area (TPSA) is 33.6 Å². The quantitative estimate of drug-likeness (QED) is 0.848. The van der Waals surface area contributed by atoms with Crippen molar-refractivity contribution in [2.45, 2.75) is 39.2 Å². The maximum Gasteiger partial charge on any atom is 0.289 e. The van der Waals surface area contributed by atoms with Crippen molar-refractivity contribution in [3.63, 3.8) is 0 Å².